The van der Waals surface area contributed by atoms with Crippen LogP contribution in [0.4, 0.5) is 5.69 Å². The standard InChI is InChI=1S/C15H21N3O3/c1-9(10-2-4-11(16)5-3-10)6-14(20)18-8-12(19)7-13(18)15(17)21/h2-5,9,12-13,19H,6-8,16H2,1H3,(H2,17,21). The van der Waals surface area contributed by atoms with Crippen LogP contribution in [0.1, 0.15) is 31.2 Å². The first-order valence-electron chi connectivity index (χ1n) is 7.00. The van der Waals surface area contributed by atoms with Crippen LogP contribution < -0.4 is 11.5 Å². The van der Waals surface area contributed by atoms with Crippen LogP contribution in [0.15, 0.2) is 24.3 Å². The minimum Gasteiger partial charge on any atom is -0.399 e. The van der Waals surface area contributed by atoms with Gasteiger partial charge < -0.3 is 21.5 Å². The van der Waals surface area contributed by atoms with Gasteiger partial charge >= 0.3 is 0 Å². The summed E-state index contributed by atoms with van der Waals surface area (Å²) in [7, 11) is 0. The summed E-state index contributed by atoms with van der Waals surface area (Å²) in [4.78, 5) is 25.1. The first kappa shape index (κ1) is 15.3. The number of nitrogens with zero attached hydrogens (tertiary/aromatic N) is 1. The van der Waals surface area contributed by atoms with E-state index in [1.54, 1.807) is 12.1 Å². The molecule has 5 N–H and O–H groups in total. The SMILES string of the molecule is CC(CC(=O)N1CC(O)CC1C(N)=O)c1ccc(N)cc1. The molecule has 1 aliphatic rings. The summed E-state index contributed by atoms with van der Waals surface area (Å²) in [5.74, 6) is -0.732. The molecular formula is C15H21N3O3. The molecule has 3 unspecified atom stereocenters. The first-order chi connectivity index (χ1) is 9.88. The lowest BCUT2D eigenvalue weighted by Gasteiger charge is -2.23. The molecular weight excluding hydrogens is 270 g/mol. The fourth-order valence-corrected chi connectivity index (χ4v) is 2.68. The molecule has 6 heteroatoms. The number of β-amino-alcohol motifs (C(OH)–C–C–N with tert-alkyl or cyclic N) is 1. The fourth-order valence-electron chi connectivity index (χ4n) is 2.68. The number of rotatable bonds is 4. The highest BCUT2D eigenvalue weighted by molar-refractivity contribution is 5.87. The second-order valence-electron chi connectivity index (χ2n) is 5.63. The number of primary amides is 1. The Morgan fingerprint density at radius 2 is 2.00 bits per heavy atom. The van der Waals surface area contributed by atoms with E-state index >= 15 is 0 Å². The van der Waals surface area contributed by atoms with E-state index in [4.69, 9.17) is 11.5 Å². The zero-order chi connectivity index (χ0) is 15.6. The fraction of sp³-hybridized carbons (Fsp3) is 0.467. The molecule has 0 aromatic heterocycles. The van der Waals surface area contributed by atoms with E-state index in [1.165, 1.54) is 4.90 Å². The van der Waals surface area contributed by atoms with E-state index in [2.05, 4.69) is 0 Å². The van der Waals surface area contributed by atoms with Gasteiger partial charge in [0.2, 0.25) is 11.8 Å². The number of amides is 2. The van der Waals surface area contributed by atoms with E-state index in [-0.39, 0.29) is 31.2 Å². The third-order valence-electron chi connectivity index (χ3n) is 3.91. The summed E-state index contributed by atoms with van der Waals surface area (Å²) in [6.45, 7) is 2.11. The molecule has 0 radical (unpaired) electrons. The van der Waals surface area contributed by atoms with Crippen molar-refractivity contribution in [2.24, 2.45) is 5.73 Å². The molecule has 1 aliphatic heterocycles. The lowest BCUT2D eigenvalue weighted by molar-refractivity contribution is -0.137. The summed E-state index contributed by atoms with van der Waals surface area (Å²) < 4.78 is 0. The topological polar surface area (TPSA) is 110 Å². The molecule has 0 bridgehead atoms. The molecule has 1 aromatic rings. The second-order valence-corrected chi connectivity index (χ2v) is 5.63. The van der Waals surface area contributed by atoms with E-state index < -0.39 is 18.1 Å². The van der Waals surface area contributed by atoms with E-state index in [9.17, 15) is 14.7 Å². The van der Waals surface area contributed by atoms with Crippen molar-refractivity contribution in [2.75, 3.05) is 12.3 Å². The molecule has 21 heavy (non-hydrogen) atoms. The van der Waals surface area contributed by atoms with Gasteiger partial charge in [-0.1, -0.05) is 19.1 Å². The number of aliphatic hydroxyl groups excluding tert-OH is 1. The van der Waals surface area contributed by atoms with Crippen LogP contribution in [-0.4, -0.2) is 40.5 Å². The molecule has 114 valence electrons. The Morgan fingerprint density at radius 3 is 2.57 bits per heavy atom. The van der Waals surface area contributed by atoms with Crippen LogP contribution >= 0.6 is 0 Å². The van der Waals surface area contributed by atoms with Crippen LogP contribution in [0.5, 0.6) is 0 Å². The van der Waals surface area contributed by atoms with Crippen molar-refractivity contribution in [3.63, 3.8) is 0 Å². The van der Waals surface area contributed by atoms with Gasteiger partial charge in [-0.3, -0.25) is 9.59 Å². The van der Waals surface area contributed by atoms with Crippen LogP contribution in [0.2, 0.25) is 0 Å². The van der Waals surface area contributed by atoms with Gasteiger partial charge in [0.05, 0.1) is 6.10 Å². The van der Waals surface area contributed by atoms with Gasteiger partial charge in [-0.05, 0) is 23.6 Å². The van der Waals surface area contributed by atoms with Crippen LogP contribution in [0.25, 0.3) is 0 Å². The van der Waals surface area contributed by atoms with Crippen molar-refractivity contribution in [1.29, 1.82) is 0 Å². The minimum absolute atomic E-state index is 0.00405. The summed E-state index contributed by atoms with van der Waals surface area (Å²) in [6, 6.07) is 6.66. The van der Waals surface area contributed by atoms with Gasteiger partial charge in [-0.15, -0.1) is 0 Å². The molecule has 2 amide bonds. The Hall–Kier alpha value is -2.08. The van der Waals surface area contributed by atoms with Gasteiger partial charge in [-0.25, -0.2) is 0 Å². The Balaban J connectivity index is 2.03. The average molecular weight is 291 g/mol. The van der Waals surface area contributed by atoms with Crippen LogP contribution in [0, 0.1) is 0 Å². The molecule has 2 rings (SSSR count). The van der Waals surface area contributed by atoms with Gasteiger partial charge in [0.15, 0.2) is 0 Å². The maximum Gasteiger partial charge on any atom is 0.240 e. The molecule has 1 heterocycles. The third-order valence-corrected chi connectivity index (χ3v) is 3.91. The zero-order valence-electron chi connectivity index (χ0n) is 12.0. The summed E-state index contributed by atoms with van der Waals surface area (Å²) in [5.41, 5.74) is 12.6. The molecule has 0 aliphatic carbocycles. The molecule has 1 aromatic carbocycles. The minimum atomic E-state index is -0.703. The van der Waals surface area contributed by atoms with Crippen molar-refractivity contribution < 1.29 is 14.7 Å². The monoisotopic (exact) mass is 291 g/mol. The lowest BCUT2D eigenvalue weighted by atomic mass is 9.97. The number of nitrogens with two attached hydrogens (primary N) is 2. The number of likely N-dealkylation sites (tertiary alicyclic amines) is 1. The highest BCUT2D eigenvalue weighted by atomic mass is 16.3. The number of nitrogen functional groups attached to an aromatic ring is 1. The van der Waals surface area contributed by atoms with Crippen LogP contribution in [0.3, 0.4) is 0 Å². The van der Waals surface area contributed by atoms with Crippen molar-refractivity contribution in [3.05, 3.63) is 29.8 Å². The predicted molar refractivity (Wildman–Crippen MR) is 79.2 cm³/mol. The Kier molecular flexibility index (Phi) is 4.47. The summed E-state index contributed by atoms with van der Waals surface area (Å²) in [6.07, 6.45) is -0.198. The quantitative estimate of drug-likeness (QED) is 0.689. The smallest absolute Gasteiger partial charge is 0.240 e. The van der Waals surface area contributed by atoms with Crippen molar-refractivity contribution in [2.45, 2.75) is 37.8 Å². The number of hydrogen-bond acceptors (Lipinski definition) is 4. The van der Waals surface area contributed by atoms with Gasteiger partial charge in [0.1, 0.15) is 6.04 Å². The number of benzene rings is 1. The Bertz CT molecular complexity index is 529. The lowest BCUT2D eigenvalue weighted by Crippen LogP contribution is -2.44. The van der Waals surface area contributed by atoms with E-state index in [0.717, 1.165) is 5.56 Å². The highest BCUT2D eigenvalue weighted by Crippen LogP contribution is 2.24. The second kappa shape index (κ2) is 6.13. The van der Waals surface area contributed by atoms with Crippen LogP contribution in [-0.2, 0) is 9.59 Å². The number of aliphatic hydroxyl groups is 1. The number of carbonyl (C=O) groups is 2. The zero-order valence-corrected chi connectivity index (χ0v) is 12.0. The molecule has 1 saturated heterocycles. The summed E-state index contributed by atoms with van der Waals surface area (Å²) >= 11 is 0. The number of carbonyl (C=O) groups excluding carboxylic acids is 2. The molecule has 0 spiro atoms. The molecule has 0 saturated carbocycles. The number of anilines is 1. The van der Waals surface area contributed by atoms with Crippen molar-refractivity contribution >= 4 is 17.5 Å². The highest BCUT2D eigenvalue weighted by Gasteiger charge is 2.37. The largest absolute Gasteiger partial charge is 0.399 e. The van der Waals surface area contributed by atoms with E-state index in [1.807, 2.05) is 19.1 Å². The van der Waals surface area contributed by atoms with E-state index in [0.29, 0.717) is 5.69 Å². The maximum atomic E-state index is 12.3. The normalized spacial score (nSPS) is 23.0. The molecule has 1 fully saturated rings. The first-order valence-corrected chi connectivity index (χ1v) is 7.00. The maximum absolute atomic E-state index is 12.3. The average Bonchev–Trinajstić information content (AvgIpc) is 2.82. The van der Waals surface area contributed by atoms with Crippen molar-refractivity contribution in [3.8, 4) is 0 Å². The van der Waals surface area contributed by atoms with Gasteiger partial charge in [0, 0.05) is 25.1 Å². The Labute approximate surface area is 123 Å². The van der Waals surface area contributed by atoms with Gasteiger partial charge in [0.25, 0.3) is 0 Å². The van der Waals surface area contributed by atoms with Crippen molar-refractivity contribution in [1.82, 2.24) is 4.90 Å². The molecule has 6 nitrogen and oxygen atoms in total. The summed E-state index contributed by atoms with van der Waals surface area (Å²) in [5, 5.41) is 9.63. The third kappa shape index (κ3) is 3.52. The molecule has 3 atom stereocenters. The predicted octanol–water partition coefficient (Wildman–Crippen LogP) is 0.210. The number of hydrogen-bond donors (Lipinski definition) is 3. The Morgan fingerprint density at radius 1 is 1.38 bits per heavy atom. The van der Waals surface area contributed by atoms with Gasteiger partial charge in [-0.2, -0.15) is 0 Å².